The number of carboxylic acid groups (broad SMARTS) is 1. The number of phenols is 1. The molecule has 0 aliphatic carbocycles. The van der Waals surface area contributed by atoms with Gasteiger partial charge in [0.05, 0.1) is 0 Å². The van der Waals surface area contributed by atoms with Crippen LogP contribution in [0.15, 0.2) is 40.8 Å². The summed E-state index contributed by atoms with van der Waals surface area (Å²) in [7, 11) is 0. The Balaban J connectivity index is 1.93. The van der Waals surface area contributed by atoms with Crippen molar-refractivity contribution < 1.29 is 24.2 Å². The van der Waals surface area contributed by atoms with E-state index in [1.807, 2.05) is 0 Å². The van der Waals surface area contributed by atoms with Crippen molar-refractivity contribution >= 4 is 28.7 Å². The molecule has 7 heteroatoms. The lowest BCUT2D eigenvalue weighted by Gasteiger charge is -2.11. The molecule has 0 amide bonds. The molecular weight excluding hydrogens is 322 g/mol. The fourth-order valence-corrected chi connectivity index (χ4v) is 2.17. The number of oxazole rings is 1. The number of benzene rings is 2. The van der Waals surface area contributed by atoms with Crippen molar-refractivity contribution in [2.75, 3.05) is 0 Å². The Labute approximate surface area is 135 Å². The summed E-state index contributed by atoms with van der Waals surface area (Å²) in [5.74, 6) is -0.932. The number of hydrogen-bond acceptors (Lipinski definition) is 5. The highest BCUT2D eigenvalue weighted by atomic mass is 35.5. The molecule has 0 aliphatic rings. The van der Waals surface area contributed by atoms with Gasteiger partial charge < -0.3 is 19.4 Å². The minimum atomic E-state index is -1.12. The Morgan fingerprint density at radius 2 is 2.09 bits per heavy atom. The SMILES string of the molecule is CC(Oc1ccc(-c2nc3ccc(Cl)cc3o2)cc1O)C(=O)O. The first kappa shape index (κ1) is 15.2. The number of ether oxygens (including phenoxy) is 1. The predicted octanol–water partition coefficient (Wildman–Crippen LogP) is 3.71. The van der Waals surface area contributed by atoms with E-state index in [0.717, 1.165) is 0 Å². The second kappa shape index (κ2) is 5.81. The van der Waals surface area contributed by atoms with Crippen molar-refractivity contribution in [3.63, 3.8) is 0 Å². The highest BCUT2D eigenvalue weighted by molar-refractivity contribution is 6.31. The number of hydrogen-bond donors (Lipinski definition) is 2. The zero-order valence-corrected chi connectivity index (χ0v) is 12.7. The molecule has 0 saturated heterocycles. The summed E-state index contributed by atoms with van der Waals surface area (Å²) in [5, 5.41) is 19.4. The number of halogens is 1. The van der Waals surface area contributed by atoms with Gasteiger partial charge >= 0.3 is 5.97 Å². The van der Waals surface area contributed by atoms with E-state index in [0.29, 0.717) is 27.6 Å². The van der Waals surface area contributed by atoms with Gasteiger partial charge in [0.2, 0.25) is 5.89 Å². The number of fused-ring (bicyclic) bond motifs is 1. The second-order valence-corrected chi connectivity index (χ2v) is 5.35. The van der Waals surface area contributed by atoms with E-state index in [4.69, 9.17) is 25.9 Å². The Kier molecular flexibility index (Phi) is 3.83. The first-order valence-corrected chi connectivity index (χ1v) is 7.11. The first-order valence-electron chi connectivity index (χ1n) is 6.73. The van der Waals surface area contributed by atoms with Gasteiger partial charge in [0, 0.05) is 16.7 Å². The quantitative estimate of drug-likeness (QED) is 0.756. The van der Waals surface area contributed by atoms with Crippen LogP contribution in [0.25, 0.3) is 22.6 Å². The van der Waals surface area contributed by atoms with Gasteiger partial charge in [-0.05, 0) is 37.3 Å². The number of nitrogens with zero attached hydrogens (tertiary/aromatic N) is 1. The molecule has 23 heavy (non-hydrogen) atoms. The van der Waals surface area contributed by atoms with E-state index in [1.165, 1.54) is 19.1 Å². The molecule has 1 heterocycles. The van der Waals surface area contributed by atoms with Gasteiger partial charge in [-0.25, -0.2) is 9.78 Å². The van der Waals surface area contributed by atoms with Crippen LogP contribution >= 0.6 is 11.6 Å². The lowest BCUT2D eigenvalue weighted by atomic mass is 10.2. The summed E-state index contributed by atoms with van der Waals surface area (Å²) in [5.41, 5.74) is 1.71. The summed E-state index contributed by atoms with van der Waals surface area (Å²) in [4.78, 5) is 15.1. The van der Waals surface area contributed by atoms with Crippen LogP contribution in [0.1, 0.15) is 6.92 Å². The summed E-state index contributed by atoms with van der Waals surface area (Å²) < 4.78 is 10.8. The molecule has 2 aromatic carbocycles. The summed E-state index contributed by atoms with van der Waals surface area (Å²) >= 11 is 5.90. The molecule has 1 atom stereocenters. The van der Waals surface area contributed by atoms with Crippen molar-refractivity contribution in [2.24, 2.45) is 0 Å². The molecule has 1 aromatic heterocycles. The Morgan fingerprint density at radius 1 is 1.30 bits per heavy atom. The molecule has 0 radical (unpaired) electrons. The van der Waals surface area contributed by atoms with Crippen LogP contribution in [0, 0.1) is 0 Å². The normalized spacial score (nSPS) is 12.3. The lowest BCUT2D eigenvalue weighted by molar-refractivity contribution is -0.144. The molecular formula is C16H12ClNO5. The average molecular weight is 334 g/mol. The van der Waals surface area contributed by atoms with Gasteiger partial charge in [-0.2, -0.15) is 0 Å². The largest absolute Gasteiger partial charge is 0.504 e. The molecule has 0 spiro atoms. The third-order valence-electron chi connectivity index (χ3n) is 3.21. The number of rotatable bonds is 4. The Morgan fingerprint density at radius 3 is 2.78 bits per heavy atom. The van der Waals surface area contributed by atoms with Gasteiger partial charge in [0.15, 0.2) is 23.2 Å². The highest BCUT2D eigenvalue weighted by Crippen LogP contribution is 2.33. The van der Waals surface area contributed by atoms with Gasteiger partial charge in [-0.3, -0.25) is 0 Å². The summed E-state index contributed by atoms with van der Waals surface area (Å²) in [6, 6.07) is 9.58. The molecule has 2 N–H and O–H groups in total. The lowest BCUT2D eigenvalue weighted by Crippen LogP contribution is -2.22. The molecule has 0 aliphatic heterocycles. The average Bonchev–Trinajstić information content (AvgIpc) is 2.92. The van der Waals surface area contributed by atoms with Gasteiger partial charge in [-0.1, -0.05) is 11.6 Å². The van der Waals surface area contributed by atoms with Crippen molar-refractivity contribution in [1.82, 2.24) is 4.98 Å². The van der Waals surface area contributed by atoms with E-state index < -0.39 is 12.1 Å². The van der Waals surface area contributed by atoms with Crippen molar-refractivity contribution in [1.29, 1.82) is 0 Å². The third-order valence-corrected chi connectivity index (χ3v) is 3.44. The minimum Gasteiger partial charge on any atom is -0.504 e. The maximum Gasteiger partial charge on any atom is 0.344 e. The van der Waals surface area contributed by atoms with Crippen LogP contribution in [0.4, 0.5) is 0 Å². The molecule has 118 valence electrons. The number of aromatic hydroxyl groups is 1. The molecule has 6 nitrogen and oxygen atoms in total. The third kappa shape index (κ3) is 3.07. The van der Waals surface area contributed by atoms with Crippen LogP contribution in [-0.4, -0.2) is 27.3 Å². The van der Waals surface area contributed by atoms with Crippen LogP contribution in [0.5, 0.6) is 11.5 Å². The molecule has 0 bridgehead atoms. The fourth-order valence-electron chi connectivity index (χ4n) is 2.01. The monoisotopic (exact) mass is 333 g/mol. The standard InChI is InChI=1S/C16H12ClNO5/c1-8(16(20)21)22-13-5-2-9(6-12(13)19)15-18-11-4-3-10(17)7-14(11)23-15/h2-8,19H,1H3,(H,20,21). The van der Waals surface area contributed by atoms with Crippen LogP contribution in [0.2, 0.25) is 5.02 Å². The number of carboxylic acids is 1. The van der Waals surface area contributed by atoms with Gasteiger partial charge in [0.25, 0.3) is 0 Å². The molecule has 3 aromatic rings. The van der Waals surface area contributed by atoms with E-state index in [2.05, 4.69) is 4.98 Å². The predicted molar refractivity (Wildman–Crippen MR) is 83.8 cm³/mol. The van der Waals surface area contributed by atoms with Crippen LogP contribution in [-0.2, 0) is 4.79 Å². The van der Waals surface area contributed by atoms with E-state index in [9.17, 15) is 9.90 Å². The van der Waals surface area contributed by atoms with Gasteiger partial charge in [0.1, 0.15) is 5.52 Å². The molecule has 0 saturated carbocycles. The maximum absolute atomic E-state index is 10.8. The molecule has 0 fully saturated rings. The topological polar surface area (TPSA) is 92.8 Å². The van der Waals surface area contributed by atoms with E-state index in [-0.39, 0.29) is 11.5 Å². The minimum absolute atomic E-state index is 0.0720. The number of aliphatic carboxylic acids is 1. The Hall–Kier alpha value is -2.73. The van der Waals surface area contributed by atoms with Crippen LogP contribution < -0.4 is 4.74 Å². The fraction of sp³-hybridized carbons (Fsp3) is 0.125. The number of phenolic OH excluding ortho intramolecular Hbond substituents is 1. The summed E-state index contributed by atoms with van der Waals surface area (Å²) in [6.07, 6.45) is -1.07. The molecule has 3 rings (SSSR count). The van der Waals surface area contributed by atoms with Gasteiger partial charge in [-0.15, -0.1) is 0 Å². The zero-order chi connectivity index (χ0) is 16.6. The number of carbonyl (C=O) groups is 1. The number of aromatic nitrogens is 1. The summed E-state index contributed by atoms with van der Waals surface area (Å²) in [6.45, 7) is 1.38. The van der Waals surface area contributed by atoms with Crippen LogP contribution in [0.3, 0.4) is 0 Å². The smallest absolute Gasteiger partial charge is 0.344 e. The van der Waals surface area contributed by atoms with Crippen molar-refractivity contribution in [3.8, 4) is 23.0 Å². The first-order chi connectivity index (χ1) is 10.9. The van der Waals surface area contributed by atoms with Crippen molar-refractivity contribution in [2.45, 2.75) is 13.0 Å². The Bertz CT molecular complexity index is 889. The zero-order valence-electron chi connectivity index (χ0n) is 12.0. The van der Waals surface area contributed by atoms with E-state index >= 15 is 0 Å². The highest BCUT2D eigenvalue weighted by Gasteiger charge is 2.16. The van der Waals surface area contributed by atoms with E-state index in [1.54, 1.807) is 24.3 Å². The maximum atomic E-state index is 10.8. The second-order valence-electron chi connectivity index (χ2n) is 4.91. The molecule has 1 unspecified atom stereocenters. The van der Waals surface area contributed by atoms with Crippen molar-refractivity contribution in [3.05, 3.63) is 41.4 Å².